The number of carbonyl (C=O) groups is 1. The summed E-state index contributed by atoms with van der Waals surface area (Å²) >= 11 is 1.65. The number of benzene rings is 2. The van der Waals surface area contributed by atoms with Gasteiger partial charge >= 0.3 is 5.97 Å². The third kappa shape index (κ3) is 2.84. The van der Waals surface area contributed by atoms with E-state index in [0.717, 1.165) is 10.6 Å². The summed E-state index contributed by atoms with van der Waals surface area (Å²) in [6.07, 6.45) is 2.00. The summed E-state index contributed by atoms with van der Waals surface area (Å²) in [4.78, 5) is 12.2. The number of carboxylic acid groups (broad SMARTS) is 1. The summed E-state index contributed by atoms with van der Waals surface area (Å²) in [6.45, 7) is 0. The minimum atomic E-state index is -0.931. The fraction of sp³-hybridized carbons (Fsp3) is 0.0714. The van der Waals surface area contributed by atoms with Crippen LogP contribution in [0.3, 0.4) is 0 Å². The maximum Gasteiger partial charge on any atom is 0.337 e. The van der Waals surface area contributed by atoms with Gasteiger partial charge in [0.2, 0.25) is 0 Å². The monoisotopic (exact) mass is 259 g/mol. The second kappa shape index (κ2) is 5.60. The zero-order chi connectivity index (χ0) is 13.0. The van der Waals surface area contributed by atoms with E-state index in [2.05, 4.69) is 5.32 Å². The zero-order valence-corrected chi connectivity index (χ0v) is 10.7. The molecule has 92 valence electrons. The molecule has 0 saturated heterocycles. The molecule has 0 aromatic heterocycles. The van der Waals surface area contributed by atoms with Crippen LogP contribution in [0.15, 0.2) is 53.4 Å². The predicted molar refractivity (Wildman–Crippen MR) is 74.9 cm³/mol. The van der Waals surface area contributed by atoms with Gasteiger partial charge in [-0.25, -0.2) is 4.79 Å². The second-order valence-electron chi connectivity index (χ2n) is 3.71. The van der Waals surface area contributed by atoms with E-state index in [1.807, 2.05) is 36.6 Å². The molecule has 2 aromatic rings. The summed E-state index contributed by atoms with van der Waals surface area (Å²) in [5.74, 6) is -0.931. The number of aromatic carboxylic acids is 1. The third-order valence-electron chi connectivity index (χ3n) is 2.51. The molecule has 0 aliphatic heterocycles. The Morgan fingerprint density at radius 3 is 2.67 bits per heavy atom. The van der Waals surface area contributed by atoms with Crippen molar-refractivity contribution in [1.29, 1.82) is 0 Å². The summed E-state index contributed by atoms with van der Waals surface area (Å²) in [5.41, 5.74) is 1.76. The van der Waals surface area contributed by atoms with Crippen LogP contribution in [-0.2, 0) is 0 Å². The highest BCUT2D eigenvalue weighted by molar-refractivity contribution is 7.98. The van der Waals surface area contributed by atoms with Gasteiger partial charge in [0.1, 0.15) is 0 Å². The summed E-state index contributed by atoms with van der Waals surface area (Å²) in [5, 5.41) is 12.2. The van der Waals surface area contributed by atoms with Crippen LogP contribution in [0, 0.1) is 0 Å². The molecule has 0 saturated carbocycles. The average Bonchev–Trinajstić information content (AvgIpc) is 2.39. The predicted octanol–water partition coefficient (Wildman–Crippen LogP) is 3.85. The van der Waals surface area contributed by atoms with Crippen LogP contribution in [0.2, 0.25) is 0 Å². The van der Waals surface area contributed by atoms with Crippen molar-refractivity contribution in [3.05, 3.63) is 54.1 Å². The molecule has 0 unspecified atom stereocenters. The highest BCUT2D eigenvalue weighted by Crippen LogP contribution is 2.24. The van der Waals surface area contributed by atoms with Crippen molar-refractivity contribution in [2.24, 2.45) is 0 Å². The van der Waals surface area contributed by atoms with Crippen molar-refractivity contribution >= 4 is 29.1 Å². The third-order valence-corrected chi connectivity index (χ3v) is 3.23. The molecule has 4 heteroatoms. The van der Waals surface area contributed by atoms with Crippen molar-refractivity contribution in [3.8, 4) is 0 Å². The Balaban J connectivity index is 2.31. The number of para-hydroxylation sites is 1. The van der Waals surface area contributed by atoms with Gasteiger partial charge in [-0.3, -0.25) is 0 Å². The molecule has 2 N–H and O–H groups in total. The first-order valence-electron chi connectivity index (χ1n) is 5.44. The highest BCUT2D eigenvalue weighted by atomic mass is 32.2. The molecule has 0 spiro atoms. The van der Waals surface area contributed by atoms with Crippen LogP contribution in [0.25, 0.3) is 0 Å². The summed E-state index contributed by atoms with van der Waals surface area (Å²) in [6, 6.07) is 14.7. The smallest absolute Gasteiger partial charge is 0.337 e. The lowest BCUT2D eigenvalue weighted by Crippen LogP contribution is -2.02. The molecule has 2 aromatic carbocycles. The summed E-state index contributed by atoms with van der Waals surface area (Å²) < 4.78 is 0. The maximum absolute atomic E-state index is 11.1. The number of carboxylic acids is 1. The Kier molecular flexibility index (Phi) is 3.89. The van der Waals surface area contributed by atoms with Gasteiger partial charge in [-0.1, -0.05) is 18.2 Å². The van der Waals surface area contributed by atoms with E-state index in [4.69, 9.17) is 5.11 Å². The van der Waals surface area contributed by atoms with Crippen molar-refractivity contribution in [3.63, 3.8) is 0 Å². The minimum Gasteiger partial charge on any atom is -0.478 e. The largest absolute Gasteiger partial charge is 0.478 e. The molecular weight excluding hydrogens is 246 g/mol. The summed E-state index contributed by atoms with van der Waals surface area (Å²) in [7, 11) is 0. The van der Waals surface area contributed by atoms with Crippen LogP contribution in [0.4, 0.5) is 11.4 Å². The fourth-order valence-electron chi connectivity index (χ4n) is 1.63. The number of hydrogen-bond acceptors (Lipinski definition) is 3. The first kappa shape index (κ1) is 12.5. The number of rotatable bonds is 4. The van der Waals surface area contributed by atoms with E-state index >= 15 is 0 Å². The molecule has 0 atom stereocenters. The van der Waals surface area contributed by atoms with Crippen molar-refractivity contribution in [2.45, 2.75) is 4.90 Å². The van der Waals surface area contributed by atoms with Crippen molar-refractivity contribution < 1.29 is 9.90 Å². The lowest BCUT2D eigenvalue weighted by Gasteiger charge is -2.10. The van der Waals surface area contributed by atoms with E-state index in [-0.39, 0.29) is 5.56 Å². The molecule has 0 aliphatic rings. The van der Waals surface area contributed by atoms with E-state index < -0.39 is 5.97 Å². The molecule has 0 amide bonds. The molecule has 2 rings (SSSR count). The van der Waals surface area contributed by atoms with Gasteiger partial charge in [-0.15, -0.1) is 11.8 Å². The second-order valence-corrected chi connectivity index (χ2v) is 4.59. The van der Waals surface area contributed by atoms with Crippen LogP contribution in [0.5, 0.6) is 0 Å². The zero-order valence-electron chi connectivity index (χ0n) is 9.88. The number of nitrogens with one attached hydrogen (secondary N) is 1. The van der Waals surface area contributed by atoms with E-state index in [1.54, 1.807) is 30.0 Å². The molecule has 3 nitrogen and oxygen atoms in total. The van der Waals surface area contributed by atoms with E-state index in [1.165, 1.54) is 0 Å². The normalized spacial score (nSPS) is 10.1. The molecule has 18 heavy (non-hydrogen) atoms. The SMILES string of the molecule is CSc1cccc(Nc2ccccc2C(=O)O)c1. The first-order valence-corrected chi connectivity index (χ1v) is 6.66. The standard InChI is InChI=1S/C14H13NO2S/c1-18-11-6-4-5-10(9-11)15-13-8-3-2-7-12(13)14(16)17/h2-9,15H,1H3,(H,16,17). The average molecular weight is 259 g/mol. The van der Waals surface area contributed by atoms with E-state index in [0.29, 0.717) is 5.69 Å². The van der Waals surface area contributed by atoms with Gasteiger partial charge in [0.15, 0.2) is 0 Å². The Labute approximate surface area is 110 Å². The van der Waals surface area contributed by atoms with Gasteiger partial charge < -0.3 is 10.4 Å². The molecular formula is C14H13NO2S. The fourth-order valence-corrected chi connectivity index (χ4v) is 2.09. The van der Waals surface area contributed by atoms with Crippen LogP contribution in [-0.4, -0.2) is 17.3 Å². The van der Waals surface area contributed by atoms with Gasteiger partial charge in [-0.2, -0.15) is 0 Å². The lowest BCUT2D eigenvalue weighted by molar-refractivity contribution is 0.0698. The van der Waals surface area contributed by atoms with Crippen LogP contribution in [0.1, 0.15) is 10.4 Å². The van der Waals surface area contributed by atoms with Gasteiger partial charge in [0.05, 0.1) is 11.3 Å². The van der Waals surface area contributed by atoms with Crippen molar-refractivity contribution in [1.82, 2.24) is 0 Å². The Hall–Kier alpha value is -1.94. The van der Waals surface area contributed by atoms with Gasteiger partial charge in [0.25, 0.3) is 0 Å². The molecule has 0 aliphatic carbocycles. The molecule has 0 bridgehead atoms. The Morgan fingerprint density at radius 1 is 1.17 bits per heavy atom. The number of anilines is 2. The van der Waals surface area contributed by atoms with Crippen LogP contribution >= 0.6 is 11.8 Å². The number of hydrogen-bond donors (Lipinski definition) is 2. The quantitative estimate of drug-likeness (QED) is 0.819. The lowest BCUT2D eigenvalue weighted by atomic mass is 10.1. The molecule has 0 fully saturated rings. The highest BCUT2D eigenvalue weighted by Gasteiger charge is 2.08. The first-order chi connectivity index (χ1) is 8.70. The number of thioether (sulfide) groups is 1. The molecule has 0 heterocycles. The van der Waals surface area contributed by atoms with Gasteiger partial charge in [-0.05, 0) is 36.6 Å². The topological polar surface area (TPSA) is 49.3 Å². The van der Waals surface area contributed by atoms with Crippen LogP contribution < -0.4 is 5.32 Å². The van der Waals surface area contributed by atoms with Gasteiger partial charge in [0, 0.05) is 10.6 Å². The van der Waals surface area contributed by atoms with E-state index in [9.17, 15) is 4.79 Å². The molecule has 0 radical (unpaired) electrons. The minimum absolute atomic E-state index is 0.270. The Bertz CT molecular complexity index is 569. The Morgan fingerprint density at radius 2 is 1.94 bits per heavy atom. The maximum atomic E-state index is 11.1. The van der Waals surface area contributed by atoms with Crippen molar-refractivity contribution in [2.75, 3.05) is 11.6 Å².